The van der Waals surface area contributed by atoms with Gasteiger partial charge >= 0.3 is 0 Å². The Morgan fingerprint density at radius 3 is 3.07 bits per heavy atom. The average Bonchev–Trinajstić information content (AvgIpc) is 2.17. The summed E-state index contributed by atoms with van der Waals surface area (Å²) in [5, 5.41) is 1.19. The highest BCUT2D eigenvalue weighted by atomic mass is 35.5. The average molecular weight is 231 g/mol. The number of halogens is 1. The Bertz CT molecular complexity index is 281. The monoisotopic (exact) mass is 230 g/mol. The molecule has 78 valence electrons. The smallest absolute Gasteiger partial charge is 0.133 e. The van der Waals surface area contributed by atoms with Crippen molar-refractivity contribution < 1.29 is 0 Å². The Morgan fingerprint density at radius 1 is 1.64 bits per heavy atom. The number of rotatable bonds is 5. The van der Waals surface area contributed by atoms with Crippen molar-refractivity contribution in [3.05, 3.63) is 29.0 Å². The molecule has 1 atom stereocenters. The van der Waals surface area contributed by atoms with Crippen molar-refractivity contribution >= 4 is 23.4 Å². The summed E-state index contributed by atoms with van der Waals surface area (Å²) in [4.78, 5) is 4.03. The first-order chi connectivity index (χ1) is 6.74. The van der Waals surface area contributed by atoms with Crippen LogP contribution in [0.1, 0.15) is 18.9 Å². The lowest BCUT2D eigenvalue weighted by Gasteiger charge is -2.09. The fraction of sp³-hybridized carbons (Fsp3) is 0.500. The quantitative estimate of drug-likeness (QED) is 0.791. The van der Waals surface area contributed by atoms with Gasteiger partial charge in [-0.15, -0.1) is 0 Å². The van der Waals surface area contributed by atoms with E-state index in [0.717, 1.165) is 24.3 Å². The number of hydrogen-bond donors (Lipinski definition) is 1. The van der Waals surface area contributed by atoms with Gasteiger partial charge in [-0.3, -0.25) is 0 Å². The molecule has 1 aromatic rings. The Hall–Kier alpha value is -0.250. The summed E-state index contributed by atoms with van der Waals surface area (Å²) >= 11 is 7.80. The molecule has 1 unspecified atom stereocenters. The topological polar surface area (TPSA) is 38.9 Å². The molecule has 14 heavy (non-hydrogen) atoms. The minimum Gasteiger partial charge on any atom is -0.330 e. The van der Waals surface area contributed by atoms with Crippen molar-refractivity contribution in [1.82, 2.24) is 4.98 Å². The van der Waals surface area contributed by atoms with E-state index >= 15 is 0 Å². The minimum absolute atomic E-state index is 0.580. The molecule has 2 nitrogen and oxygen atoms in total. The standard InChI is InChI=1S/C10H15ClN2S/c1-8(4-5-12)14-7-9-3-2-6-13-10(9)11/h2-3,6,8H,4-5,7,12H2,1H3. The van der Waals surface area contributed by atoms with Crippen molar-refractivity contribution in [1.29, 1.82) is 0 Å². The minimum atomic E-state index is 0.580. The van der Waals surface area contributed by atoms with Crippen LogP contribution in [0.5, 0.6) is 0 Å². The molecule has 0 aromatic carbocycles. The lowest BCUT2D eigenvalue weighted by Crippen LogP contribution is -2.07. The molecule has 0 aliphatic carbocycles. The van der Waals surface area contributed by atoms with Crippen LogP contribution in [0.2, 0.25) is 5.15 Å². The van der Waals surface area contributed by atoms with Crippen LogP contribution in [-0.2, 0) is 5.75 Å². The maximum Gasteiger partial charge on any atom is 0.133 e. The van der Waals surface area contributed by atoms with Gasteiger partial charge in [-0.25, -0.2) is 4.98 Å². The van der Waals surface area contributed by atoms with E-state index in [0.29, 0.717) is 10.4 Å². The summed E-state index contributed by atoms with van der Waals surface area (Å²) in [6, 6.07) is 3.92. The molecule has 0 aliphatic heterocycles. The molecule has 0 amide bonds. The number of pyridine rings is 1. The third-order valence-corrected chi connectivity index (χ3v) is 3.56. The number of hydrogen-bond acceptors (Lipinski definition) is 3. The summed E-state index contributed by atoms with van der Waals surface area (Å²) in [5.41, 5.74) is 6.58. The maximum absolute atomic E-state index is 5.94. The van der Waals surface area contributed by atoms with E-state index in [4.69, 9.17) is 17.3 Å². The first-order valence-corrected chi connectivity index (χ1v) is 6.07. The van der Waals surface area contributed by atoms with E-state index in [9.17, 15) is 0 Å². The van der Waals surface area contributed by atoms with Gasteiger partial charge in [-0.1, -0.05) is 24.6 Å². The van der Waals surface area contributed by atoms with E-state index in [-0.39, 0.29) is 0 Å². The Labute approximate surface area is 94.2 Å². The van der Waals surface area contributed by atoms with Gasteiger partial charge in [0.15, 0.2) is 0 Å². The lowest BCUT2D eigenvalue weighted by molar-refractivity contribution is 0.823. The largest absolute Gasteiger partial charge is 0.330 e. The van der Waals surface area contributed by atoms with Gasteiger partial charge in [0.05, 0.1) is 0 Å². The summed E-state index contributed by atoms with van der Waals surface area (Å²) in [6.07, 6.45) is 2.75. The van der Waals surface area contributed by atoms with Crippen LogP contribution in [0.15, 0.2) is 18.3 Å². The Balaban J connectivity index is 2.41. The van der Waals surface area contributed by atoms with Crippen LogP contribution < -0.4 is 5.73 Å². The van der Waals surface area contributed by atoms with Gasteiger partial charge < -0.3 is 5.73 Å². The van der Waals surface area contributed by atoms with Crippen LogP contribution in [0.25, 0.3) is 0 Å². The zero-order valence-corrected chi connectivity index (χ0v) is 9.81. The maximum atomic E-state index is 5.94. The molecular formula is C10H15ClN2S. The SMILES string of the molecule is CC(CCN)SCc1cccnc1Cl. The zero-order valence-electron chi connectivity index (χ0n) is 8.24. The molecule has 2 N–H and O–H groups in total. The van der Waals surface area contributed by atoms with E-state index in [1.54, 1.807) is 6.20 Å². The highest BCUT2D eigenvalue weighted by molar-refractivity contribution is 7.99. The molecule has 4 heteroatoms. The van der Waals surface area contributed by atoms with Gasteiger partial charge in [0.2, 0.25) is 0 Å². The van der Waals surface area contributed by atoms with E-state index in [2.05, 4.69) is 11.9 Å². The molecule has 1 aromatic heterocycles. The summed E-state index contributed by atoms with van der Waals surface area (Å²) in [6.45, 7) is 2.93. The molecule has 0 fully saturated rings. The number of aromatic nitrogens is 1. The van der Waals surface area contributed by atoms with Gasteiger partial charge in [0, 0.05) is 17.2 Å². The highest BCUT2D eigenvalue weighted by Crippen LogP contribution is 2.22. The fourth-order valence-electron chi connectivity index (χ4n) is 1.08. The third-order valence-electron chi connectivity index (χ3n) is 1.93. The molecule has 0 aliphatic rings. The van der Waals surface area contributed by atoms with Crippen molar-refractivity contribution in [2.75, 3.05) is 6.54 Å². The molecule has 1 rings (SSSR count). The number of nitrogens with two attached hydrogens (primary N) is 1. The fourth-order valence-corrected chi connectivity index (χ4v) is 2.34. The van der Waals surface area contributed by atoms with E-state index in [1.807, 2.05) is 23.9 Å². The van der Waals surface area contributed by atoms with E-state index in [1.165, 1.54) is 0 Å². The van der Waals surface area contributed by atoms with Crippen molar-refractivity contribution in [3.63, 3.8) is 0 Å². The van der Waals surface area contributed by atoms with Gasteiger partial charge in [-0.05, 0) is 24.6 Å². The molecule has 0 spiro atoms. The van der Waals surface area contributed by atoms with Gasteiger partial charge in [-0.2, -0.15) is 11.8 Å². The van der Waals surface area contributed by atoms with Crippen LogP contribution >= 0.6 is 23.4 Å². The number of nitrogens with zero attached hydrogens (tertiary/aromatic N) is 1. The Kier molecular flexibility index (Phi) is 5.30. The van der Waals surface area contributed by atoms with Crippen LogP contribution in [-0.4, -0.2) is 16.8 Å². The summed E-state index contributed by atoms with van der Waals surface area (Å²) < 4.78 is 0. The molecule has 0 saturated heterocycles. The number of thioether (sulfide) groups is 1. The molecule has 0 saturated carbocycles. The summed E-state index contributed by atoms with van der Waals surface area (Å²) in [7, 11) is 0. The van der Waals surface area contributed by atoms with Gasteiger partial charge in [0.25, 0.3) is 0 Å². The predicted molar refractivity (Wildman–Crippen MR) is 63.7 cm³/mol. The van der Waals surface area contributed by atoms with Gasteiger partial charge in [0.1, 0.15) is 5.15 Å². The second-order valence-electron chi connectivity index (χ2n) is 3.15. The van der Waals surface area contributed by atoms with E-state index < -0.39 is 0 Å². The highest BCUT2D eigenvalue weighted by Gasteiger charge is 2.04. The normalized spacial score (nSPS) is 12.8. The molecule has 0 bridgehead atoms. The first-order valence-electron chi connectivity index (χ1n) is 4.65. The van der Waals surface area contributed by atoms with Crippen LogP contribution in [0.4, 0.5) is 0 Å². The second kappa shape index (κ2) is 6.27. The van der Waals surface area contributed by atoms with Crippen LogP contribution in [0.3, 0.4) is 0 Å². The molecule has 1 heterocycles. The van der Waals surface area contributed by atoms with Crippen LogP contribution in [0, 0.1) is 0 Å². The predicted octanol–water partition coefficient (Wildman–Crippen LogP) is 2.71. The summed E-state index contributed by atoms with van der Waals surface area (Å²) in [5.74, 6) is 0.911. The van der Waals surface area contributed by atoms with Crippen molar-refractivity contribution in [3.8, 4) is 0 Å². The first kappa shape index (κ1) is 11.8. The third kappa shape index (κ3) is 3.86. The lowest BCUT2D eigenvalue weighted by atomic mass is 10.3. The van der Waals surface area contributed by atoms with Crippen molar-refractivity contribution in [2.24, 2.45) is 5.73 Å². The second-order valence-corrected chi connectivity index (χ2v) is 4.94. The van der Waals surface area contributed by atoms with Crippen molar-refractivity contribution in [2.45, 2.75) is 24.3 Å². The Morgan fingerprint density at radius 2 is 2.43 bits per heavy atom. The zero-order chi connectivity index (χ0) is 10.4. The molecular weight excluding hydrogens is 216 g/mol. The molecule has 0 radical (unpaired) electrons.